The topological polar surface area (TPSA) is 85.6 Å². The summed E-state index contributed by atoms with van der Waals surface area (Å²) >= 11 is 1.60. The Morgan fingerprint density at radius 3 is 3.13 bits per heavy atom. The predicted molar refractivity (Wildman–Crippen MR) is 84.5 cm³/mol. The third-order valence-electron chi connectivity index (χ3n) is 3.86. The molecule has 1 N–H and O–H groups in total. The quantitative estimate of drug-likeness (QED) is 0.786. The highest BCUT2D eigenvalue weighted by Gasteiger charge is 2.27. The smallest absolute Gasteiger partial charge is 0.254 e. The summed E-state index contributed by atoms with van der Waals surface area (Å²) in [5.41, 5.74) is 2.82. The van der Waals surface area contributed by atoms with Gasteiger partial charge < -0.3 is 5.32 Å². The summed E-state index contributed by atoms with van der Waals surface area (Å²) < 4.78 is 1.57. The molecule has 0 unspecified atom stereocenters. The first kappa shape index (κ1) is 14.0. The average Bonchev–Trinajstić information content (AvgIpc) is 3.29. The highest BCUT2D eigenvalue weighted by atomic mass is 32.1. The summed E-state index contributed by atoms with van der Waals surface area (Å²) in [6.07, 6.45) is 8.04. The minimum Gasteiger partial charge on any atom is -0.348 e. The number of tetrazole rings is 1. The number of thiophene rings is 1. The Labute approximate surface area is 136 Å². The van der Waals surface area contributed by atoms with Crippen molar-refractivity contribution < 1.29 is 4.79 Å². The summed E-state index contributed by atoms with van der Waals surface area (Å²) in [6, 6.07) is 3.80. The SMILES string of the molecule is O=C(NCc1cccnc1)c1c(-n2cnnn2)sc2c1CCC2. The van der Waals surface area contributed by atoms with Crippen LogP contribution in [0.4, 0.5) is 0 Å². The zero-order chi connectivity index (χ0) is 15.6. The largest absolute Gasteiger partial charge is 0.348 e. The summed E-state index contributed by atoms with van der Waals surface area (Å²) in [7, 11) is 0. The molecule has 116 valence electrons. The van der Waals surface area contributed by atoms with Crippen LogP contribution in [0.1, 0.15) is 32.8 Å². The Morgan fingerprint density at radius 1 is 1.39 bits per heavy atom. The molecule has 0 saturated heterocycles. The van der Waals surface area contributed by atoms with E-state index < -0.39 is 0 Å². The van der Waals surface area contributed by atoms with Crippen LogP contribution in [0.3, 0.4) is 0 Å². The van der Waals surface area contributed by atoms with Gasteiger partial charge in [0.15, 0.2) is 0 Å². The number of rotatable bonds is 4. The second-order valence-corrected chi connectivity index (χ2v) is 6.42. The van der Waals surface area contributed by atoms with Crippen molar-refractivity contribution in [2.75, 3.05) is 0 Å². The minimum atomic E-state index is -0.0845. The molecule has 0 spiro atoms. The molecular weight excluding hydrogens is 312 g/mol. The Bertz CT molecular complexity index is 827. The van der Waals surface area contributed by atoms with Crippen LogP contribution in [-0.4, -0.2) is 31.1 Å². The zero-order valence-corrected chi connectivity index (χ0v) is 13.1. The Morgan fingerprint density at radius 2 is 2.35 bits per heavy atom. The summed E-state index contributed by atoms with van der Waals surface area (Å²) in [5, 5.41) is 15.1. The second-order valence-electron chi connectivity index (χ2n) is 5.34. The molecule has 0 fully saturated rings. The van der Waals surface area contributed by atoms with E-state index in [1.807, 2.05) is 12.1 Å². The van der Waals surface area contributed by atoms with Crippen molar-refractivity contribution in [2.24, 2.45) is 0 Å². The molecule has 7 nitrogen and oxygen atoms in total. The van der Waals surface area contributed by atoms with Crippen LogP contribution in [0, 0.1) is 0 Å². The number of fused-ring (bicyclic) bond motifs is 1. The second kappa shape index (κ2) is 5.88. The first-order valence-electron chi connectivity index (χ1n) is 7.38. The molecule has 0 atom stereocenters. The molecular formula is C15H14N6OS. The number of pyridine rings is 1. The lowest BCUT2D eigenvalue weighted by molar-refractivity contribution is 0.0950. The van der Waals surface area contributed by atoms with Crippen LogP contribution in [0.5, 0.6) is 0 Å². The van der Waals surface area contributed by atoms with Gasteiger partial charge in [-0.25, -0.2) is 0 Å². The Kier molecular flexibility index (Phi) is 3.58. The number of carbonyl (C=O) groups is 1. The zero-order valence-electron chi connectivity index (χ0n) is 12.3. The Hall–Kier alpha value is -2.61. The van der Waals surface area contributed by atoms with Gasteiger partial charge in [-0.15, -0.1) is 16.4 Å². The van der Waals surface area contributed by atoms with Crippen molar-refractivity contribution in [3.8, 4) is 5.00 Å². The number of carbonyl (C=O) groups excluding carboxylic acids is 1. The lowest BCUT2D eigenvalue weighted by Crippen LogP contribution is -2.24. The van der Waals surface area contributed by atoms with E-state index in [0.29, 0.717) is 12.1 Å². The van der Waals surface area contributed by atoms with Crippen LogP contribution in [0.2, 0.25) is 0 Å². The van der Waals surface area contributed by atoms with Gasteiger partial charge in [-0.05, 0) is 46.9 Å². The van der Waals surface area contributed by atoms with Gasteiger partial charge >= 0.3 is 0 Å². The summed E-state index contributed by atoms with van der Waals surface area (Å²) in [4.78, 5) is 18.1. The first-order chi connectivity index (χ1) is 11.3. The monoisotopic (exact) mass is 326 g/mol. The van der Waals surface area contributed by atoms with Gasteiger partial charge in [0, 0.05) is 23.8 Å². The molecule has 4 rings (SSSR count). The van der Waals surface area contributed by atoms with Gasteiger partial charge in [0.1, 0.15) is 11.3 Å². The molecule has 0 aromatic carbocycles. The fraction of sp³-hybridized carbons (Fsp3) is 0.267. The molecule has 3 heterocycles. The molecule has 3 aromatic rings. The lowest BCUT2D eigenvalue weighted by Gasteiger charge is -2.07. The third-order valence-corrected chi connectivity index (χ3v) is 5.14. The standard InChI is InChI=1S/C15H14N6OS/c22-14(17-8-10-3-2-6-16-7-10)13-11-4-1-5-12(11)23-15(13)21-9-18-19-20-21/h2-3,6-7,9H,1,4-5,8H2,(H,17,22). The predicted octanol–water partition coefficient (Wildman–Crippen LogP) is 1.54. The van der Waals surface area contributed by atoms with Crippen molar-refractivity contribution >= 4 is 17.2 Å². The van der Waals surface area contributed by atoms with Crippen molar-refractivity contribution in [1.29, 1.82) is 0 Å². The molecule has 3 aromatic heterocycles. The fourth-order valence-corrected chi connectivity index (χ4v) is 4.12. The highest BCUT2D eigenvalue weighted by molar-refractivity contribution is 7.15. The molecule has 0 bridgehead atoms. The lowest BCUT2D eigenvalue weighted by atomic mass is 10.1. The molecule has 0 saturated carbocycles. The minimum absolute atomic E-state index is 0.0845. The van der Waals surface area contributed by atoms with E-state index in [2.05, 4.69) is 25.8 Å². The normalized spacial score (nSPS) is 13.0. The first-order valence-corrected chi connectivity index (χ1v) is 8.19. The summed E-state index contributed by atoms with van der Waals surface area (Å²) in [6.45, 7) is 0.451. The van der Waals surface area contributed by atoms with E-state index in [9.17, 15) is 4.79 Å². The van der Waals surface area contributed by atoms with Crippen molar-refractivity contribution in [2.45, 2.75) is 25.8 Å². The van der Waals surface area contributed by atoms with Crippen LogP contribution in [0.15, 0.2) is 30.9 Å². The number of amides is 1. The van der Waals surface area contributed by atoms with E-state index in [4.69, 9.17) is 0 Å². The maximum atomic E-state index is 12.7. The molecule has 23 heavy (non-hydrogen) atoms. The number of aryl methyl sites for hydroxylation is 1. The van der Waals surface area contributed by atoms with E-state index in [0.717, 1.165) is 35.4 Å². The molecule has 0 radical (unpaired) electrons. The third kappa shape index (κ3) is 2.61. The number of nitrogens with one attached hydrogen (secondary N) is 1. The number of aromatic nitrogens is 5. The molecule has 0 aliphatic heterocycles. The van der Waals surface area contributed by atoms with E-state index in [1.54, 1.807) is 28.4 Å². The fourth-order valence-electron chi connectivity index (χ4n) is 2.81. The van der Waals surface area contributed by atoms with Gasteiger partial charge in [-0.3, -0.25) is 9.78 Å². The summed E-state index contributed by atoms with van der Waals surface area (Å²) in [5.74, 6) is -0.0845. The van der Waals surface area contributed by atoms with Crippen LogP contribution < -0.4 is 5.32 Å². The highest BCUT2D eigenvalue weighted by Crippen LogP contribution is 2.37. The maximum absolute atomic E-state index is 12.7. The molecule has 1 aliphatic carbocycles. The maximum Gasteiger partial charge on any atom is 0.254 e. The molecule has 1 amide bonds. The molecule has 8 heteroatoms. The average molecular weight is 326 g/mol. The van der Waals surface area contributed by atoms with Gasteiger partial charge in [0.2, 0.25) is 0 Å². The van der Waals surface area contributed by atoms with Gasteiger partial charge in [-0.1, -0.05) is 6.07 Å². The van der Waals surface area contributed by atoms with Gasteiger partial charge in [0.25, 0.3) is 5.91 Å². The number of hydrogen-bond acceptors (Lipinski definition) is 6. The van der Waals surface area contributed by atoms with Crippen molar-refractivity contribution in [1.82, 2.24) is 30.5 Å². The van der Waals surface area contributed by atoms with Gasteiger partial charge in [0.05, 0.1) is 5.56 Å². The number of nitrogens with zero attached hydrogens (tertiary/aromatic N) is 5. The van der Waals surface area contributed by atoms with E-state index in [1.165, 1.54) is 11.2 Å². The van der Waals surface area contributed by atoms with Crippen molar-refractivity contribution in [3.05, 3.63) is 52.4 Å². The number of hydrogen-bond donors (Lipinski definition) is 1. The van der Waals surface area contributed by atoms with Crippen molar-refractivity contribution in [3.63, 3.8) is 0 Å². The molecule has 1 aliphatic rings. The van der Waals surface area contributed by atoms with Crippen LogP contribution in [-0.2, 0) is 19.4 Å². The Balaban J connectivity index is 1.63. The van der Waals surface area contributed by atoms with Crippen LogP contribution >= 0.6 is 11.3 Å². The van der Waals surface area contributed by atoms with E-state index >= 15 is 0 Å². The van der Waals surface area contributed by atoms with Crippen LogP contribution in [0.25, 0.3) is 5.00 Å². The van der Waals surface area contributed by atoms with Gasteiger partial charge in [-0.2, -0.15) is 4.68 Å². The van der Waals surface area contributed by atoms with E-state index in [-0.39, 0.29) is 5.91 Å².